The number of aromatic nitrogens is 1. The van der Waals surface area contributed by atoms with E-state index in [1.165, 1.54) is 5.69 Å². The lowest BCUT2D eigenvalue weighted by atomic mass is 10.2. The molecular formula is C23H33N5O2. The molecule has 0 aliphatic carbocycles. The van der Waals surface area contributed by atoms with Gasteiger partial charge in [-0.15, -0.1) is 0 Å². The van der Waals surface area contributed by atoms with Gasteiger partial charge in [0.25, 0.3) is 5.91 Å². The van der Waals surface area contributed by atoms with Crippen LogP contribution in [-0.2, 0) is 0 Å². The molecule has 1 aromatic carbocycles. The van der Waals surface area contributed by atoms with Crippen molar-refractivity contribution in [1.82, 2.24) is 14.8 Å². The first-order chi connectivity index (χ1) is 14.5. The Balaban J connectivity index is 1.48. The number of anilines is 2. The van der Waals surface area contributed by atoms with E-state index in [2.05, 4.69) is 31.8 Å². The van der Waals surface area contributed by atoms with Crippen LogP contribution in [0, 0.1) is 0 Å². The number of carbonyl (C=O) groups excluding carboxylic acids is 1. The maximum absolute atomic E-state index is 12.4. The van der Waals surface area contributed by atoms with Crippen LogP contribution in [0.4, 0.5) is 11.5 Å². The topological polar surface area (TPSA) is 52.2 Å². The highest BCUT2D eigenvalue weighted by molar-refractivity contribution is 5.98. The first-order valence-electron chi connectivity index (χ1n) is 10.5. The highest BCUT2D eigenvalue weighted by Crippen LogP contribution is 2.28. The zero-order valence-corrected chi connectivity index (χ0v) is 18.5. The Kier molecular flexibility index (Phi) is 7.52. The van der Waals surface area contributed by atoms with Crippen LogP contribution in [0.15, 0.2) is 42.6 Å². The van der Waals surface area contributed by atoms with Crippen molar-refractivity contribution in [2.75, 3.05) is 77.3 Å². The number of para-hydroxylation sites is 2. The van der Waals surface area contributed by atoms with Crippen LogP contribution in [0.3, 0.4) is 0 Å². The molecule has 3 rings (SSSR count). The summed E-state index contributed by atoms with van der Waals surface area (Å²) >= 11 is 0. The summed E-state index contributed by atoms with van der Waals surface area (Å²) in [4.78, 5) is 25.5. The molecule has 0 atom stereocenters. The van der Waals surface area contributed by atoms with E-state index in [-0.39, 0.29) is 5.91 Å². The number of nitrogens with zero attached hydrogens (tertiary/aromatic N) is 5. The molecule has 30 heavy (non-hydrogen) atoms. The van der Waals surface area contributed by atoms with Crippen LogP contribution in [0.2, 0.25) is 0 Å². The van der Waals surface area contributed by atoms with Crippen molar-refractivity contribution in [3.8, 4) is 5.75 Å². The SMILES string of the molecule is COc1ccccc1N1CCN(CCCN(C)c2ncccc2C(=O)N(C)C)CC1. The quantitative estimate of drug-likeness (QED) is 0.665. The second-order valence-electron chi connectivity index (χ2n) is 7.85. The van der Waals surface area contributed by atoms with Crippen molar-refractivity contribution >= 4 is 17.4 Å². The van der Waals surface area contributed by atoms with Gasteiger partial charge in [-0.25, -0.2) is 4.98 Å². The maximum atomic E-state index is 12.4. The van der Waals surface area contributed by atoms with Crippen LogP contribution in [0.25, 0.3) is 0 Å². The fourth-order valence-electron chi connectivity index (χ4n) is 3.85. The normalized spacial score (nSPS) is 14.5. The summed E-state index contributed by atoms with van der Waals surface area (Å²) < 4.78 is 5.51. The Labute approximate surface area is 179 Å². The summed E-state index contributed by atoms with van der Waals surface area (Å²) in [6, 6.07) is 11.9. The molecule has 1 aliphatic heterocycles. The van der Waals surface area contributed by atoms with Crippen molar-refractivity contribution in [3.05, 3.63) is 48.2 Å². The second kappa shape index (κ2) is 10.3. The molecule has 0 saturated carbocycles. The number of hydrogen-bond donors (Lipinski definition) is 0. The van der Waals surface area contributed by atoms with E-state index >= 15 is 0 Å². The number of benzene rings is 1. The molecule has 2 heterocycles. The second-order valence-corrected chi connectivity index (χ2v) is 7.85. The Hall–Kier alpha value is -2.80. The van der Waals surface area contributed by atoms with Crippen LogP contribution >= 0.6 is 0 Å². The largest absolute Gasteiger partial charge is 0.495 e. The Morgan fingerprint density at radius 2 is 1.80 bits per heavy atom. The summed E-state index contributed by atoms with van der Waals surface area (Å²) in [5.41, 5.74) is 1.82. The zero-order chi connectivity index (χ0) is 21.5. The van der Waals surface area contributed by atoms with E-state index in [9.17, 15) is 4.79 Å². The molecular weight excluding hydrogens is 378 g/mol. The minimum absolute atomic E-state index is 0.0163. The predicted molar refractivity (Wildman–Crippen MR) is 122 cm³/mol. The standard InChI is InChI=1S/C23H33N5O2/c1-25(2)23(29)19-9-7-12-24-22(19)26(3)13-8-14-27-15-17-28(18-16-27)20-10-5-6-11-21(20)30-4/h5-7,9-12H,8,13-18H2,1-4H3. The number of rotatable bonds is 8. The monoisotopic (exact) mass is 411 g/mol. The van der Waals surface area contributed by atoms with Gasteiger partial charge in [0.1, 0.15) is 11.6 Å². The molecule has 1 fully saturated rings. The lowest BCUT2D eigenvalue weighted by Gasteiger charge is -2.36. The van der Waals surface area contributed by atoms with Gasteiger partial charge in [-0.1, -0.05) is 12.1 Å². The average molecular weight is 412 g/mol. The molecule has 7 heteroatoms. The van der Waals surface area contributed by atoms with Gasteiger partial charge in [-0.05, 0) is 37.2 Å². The van der Waals surface area contributed by atoms with Crippen molar-refractivity contribution in [2.45, 2.75) is 6.42 Å². The van der Waals surface area contributed by atoms with Crippen LogP contribution in [0.1, 0.15) is 16.8 Å². The molecule has 1 amide bonds. The molecule has 0 radical (unpaired) electrons. The minimum Gasteiger partial charge on any atom is -0.495 e. The van der Waals surface area contributed by atoms with Gasteiger partial charge in [0.05, 0.1) is 18.4 Å². The fourth-order valence-corrected chi connectivity index (χ4v) is 3.85. The lowest BCUT2D eigenvalue weighted by molar-refractivity contribution is 0.0828. The molecule has 1 saturated heterocycles. The summed E-state index contributed by atoms with van der Waals surface area (Å²) in [5.74, 6) is 1.67. The number of amides is 1. The third-order valence-electron chi connectivity index (χ3n) is 5.55. The number of piperazine rings is 1. The Bertz CT molecular complexity index is 834. The fraction of sp³-hybridized carbons (Fsp3) is 0.478. The molecule has 0 spiro atoms. The molecule has 7 nitrogen and oxygen atoms in total. The molecule has 1 aromatic heterocycles. The minimum atomic E-state index is -0.0163. The van der Waals surface area contributed by atoms with Crippen molar-refractivity contribution < 1.29 is 9.53 Å². The number of pyridine rings is 1. The third kappa shape index (κ3) is 5.21. The first kappa shape index (κ1) is 21.9. The highest BCUT2D eigenvalue weighted by Gasteiger charge is 2.20. The van der Waals surface area contributed by atoms with E-state index in [1.54, 1.807) is 32.3 Å². The average Bonchev–Trinajstić information content (AvgIpc) is 2.78. The maximum Gasteiger partial charge on any atom is 0.257 e. The molecule has 2 aromatic rings. The van der Waals surface area contributed by atoms with Crippen LogP contribution in [-0.4, -0.2) is 88.2 Å². The van der Waals surface area contributed by atoms with Crippen LogP contribution < -0.4 is 14.5 Å². The number of hydrogen-bond acceptors (Lipinski definition) is 6. The van der Waals surface area contributed by atoms with Gasteiger partial charge in [-0.2, -0.15) is 0 Å². The van der Waals surface area contributed by atoms with Gasteiger partial charge in [0, 0.05) is 60.1 Å². The summed E-state index contributed by atoms with van der Waals surface area (Å²) in [7, 11) is 7.27. The van der Waals surface area contributed by atoms with E-state index in [0.29, 0.717) is 5.56 Å². The van der Waals surface area contributed by atoms with Gasteiger partial charge in [0.15, 0.2) is 0 Å². The molecule has 162 valence electrons. The molecule has 0 bridgehead atoms. The number of methoxy groups -OCH3 is 1. The predicted octanol–water partition coefficient (Wildman–Crippen LogP) is 2.44. The lowest BCUT2D eigenvalue weighted by Crippen LogP contribution is -2.47. The Morgan fingerprint density at radius 3 is 2.50 bits per heavy atom. The summed E-state index contributed by atoms with van der Waals surface area (Å²) in [6.45, 7) is 5.96. The van der Waals surface area contributed by atoms with Crippen molar-refractivity contribution in [1.29, 1.82) is 0 Å². The first-order valence-corrected chi connectivity index (χ1v) is 10.5. The van der Waals surface area contributed by atoms with E-state index in [0.717, 1.165) is 57.3 Å². The van der Waals surface area contributed by atoms with Gasteiger partial charge >= 0.3 is 0 Å². The molecule has 0 unspecified atom stereocenters. The van der Waals surface area contributed by atoms with E-state index < -0.39 is 0 Å². The van der Waals surface area contributed by atoms with Gasteiger partial charge in [-0.3, -0.25) is 9.69 Å². The summed E-state index contributed by atoms with van der Waals surface area (Å²) in [5, 5.41) is 0. The summed E-state index contributed by atoms with van der Waals surface area (Å²) in [6.07, 6.45) is 2.77. The van der Waals surface area contributed by atoms with E-state index in [4.69, 9.17) is 4.74 Å². The van der Waals surface area contributed by atoms with Gasteiger partial charge < -0.3 is 19.4 Å². The molecule has 1 aliphatic rings. The third-order valence-corrected chi connectivity index (χ3v) is 5.55. The van der Waals surface area contributed by atoms with Crippen molar-refractivity contribution in [2.24, 2.45) is 0 Å². The number of carbonyl (C=O) groups is 1. The highest BCUT2D eigenvalue weighted by atomic mass is 16.5. The smallest absolute Gasteiger partial charge is 0.257 e. The van der Waals surface area contributed by atoms with Gasteiger partial charge in [0.2, 0.25) is 0 Å². The number of ether oxygens (including phenoxy) is 1. The molecule has 0 N–H and O–H groups in total. The zero-order valence-electron chi connectivity index (χ0n) is 18.5. The van der Waals surface area contributed by atoms with E-state index in [1.807, 2.05) is 31.3 Å². The van der Waals surface area contributed by atoms with Crippen molar-refractivity contribution in [3.63, 3.8) is 0 Å². The Morgan fingerprint density at radius 1 is 1.07 bits per heavy atom. The van der Waals surface area contributed by atoms with Crippen LogP contribution in [0.5, 0.6) is 5.75 Å².